The maximum absolute atomic E-state index is 12.1. The first-order valence-corrected chi connectivity index (χ1v) is 7.45. The molecule has 0 aromatic rings. The highest BCUT2D eigenvalue weighted by Gasteiger charge is 2.46. The van der Waals surface area contributed by atoms with E-state index in [1.807, 2.05) is 0 Å². The topological polar surface area (TPSA) is 95.9 Å². The van der Waals surface area contributed by atoms with Crippen molar-refractivity contribution in [1.82, 2.24) is 10.2 Å². The van der Waals surface area contributed by atoms with Crippen molar-refractivity contribution >= 4 is 18.0 Å². The minimum atomic E-state index is -1.09. The monoisotopic (exact) mass is 298 g/mol. The number of rotatable bonds is 4. The third-order valence-corrected chi connectivity index (χ3v) is 4.36. The van der Waals surface area contributed by atoms with Gasteiger partial charge in [0.05, 0.1) is 12.5 Å². The second-order valence-corrected chi connectivity index (χ2v) is 5.68. The smallest absolute Gasteiger partial charge is 0.329 e. The lowest BCUT2D eigenvalue weighted by Gasteiger charge is -2.40. The molecule has 0 radical (unpaired) electrons. The van der Waals surface area contributed by atoms with Crippen LogP contribution in [-0.2, 0) is 14.3 Å². The van der Waals surface area contributed by atoms with Crippen molar-refractivity contribution in [2.45, 2.75) is 44.6 Å². The van der Waals surface area contributed by atoms with Crippen molar-refractivity contribution in [3.8, 4) is 0 Å². The largest absolute Gasteiger partial charge is 0.480 e. The molecule has 21 heavy (non-hydrogen) atoms. The molecule has 0 aromatic carbocycles. The first kappa shape index (κ1) is 15.6. The number of carboxylic acid groups (broad SMARTS) is 1. The van der Waals surface area contributed by atoms with Crippen molar-refractivity contribution in [3.63, 3.8) is 0 Å². The van der Waals surface area contributed by atoms with Gasteiger partial charge in [-0.2, -0.15) is 0 Å². The lowest BCUT2D eigenvalue weighted by Crippen LogP contribution is -2.62. The van der Waals surface area contributed by atoms with Crippen LogP contribution < -0.4 is 5.32 Å². The lowest BCUT2D eigenvalue weighted by molar-refractivity contribution is -0.149. The minimum absolute atomic E-state index is 0.161. The number of urea groups is 1. The van der Waals surface area contributed by atoms with Gasteiger partial charge in [-0.1, -0.05) is 0 Å². The number of amides is 2. The van der Waals surface area contributed by atoms with Gasteiger partial charge in [-0.15, -0.1) is 0 Å². The van der Waals surface area contributed by atoms with E-state index in [0.29, 0.717) is 45.4 Å². The number of piperidine rings is 1. The average Bonchev–Trinajstić information content (AvgIpc) is 2.42. The number of hydrogen-bond donors (Lipinski definition) is 2. The van der Waals surface area contributed by atoms with Gasteiger partial charge in [0.25, 0.3) is 0 Å². The second kappa shape index (κ2) is 6.32. The number of aliphatic carboxylic acids is 1. The predicted molar refractivity (Wildman–Crippen MR) is 73.7 cm³/mol. The molecule has 1 heterocycles. The Kier molecular flexibility index (Phi) is 4.69. The number of ether oxygens (including phenoxy) is 1. The van der Waals surface area contributed by atoms with Crippen molar-refractivity contribution in [2.75, 3.05) is 19.7 Å². The number of esters is 1. The highest BCUT2D eigenvalue weighted by atomic mass is 16.5. The zero-order valence-corrected chi connectivity index (χ0v) is 12.3. The summed E-state index contributed by atoms with van der Waals surface area (Å²) in [7, 11) is 0. The molecule has 1 saturated heterocycles. The van der Waals surface area contributed by atoms with Gasteiger partial charge in [0.2, 0.25) is 0 Å². The van der Waals surface area contributed by atoms with Crippen LogP contribution in [-0.4, -0.2) is 53.2 Å². The van der Waals surface area contributed by atoms with Crippen LogP contribution in [0.1, 0.15) is 39.0 Å². The van der Waals surface area contributed by atoms with Crippen molar-refractivity contribution in [2.24, 2.45) is 5.92 Å². The molecule has 0 aromatic heterocycles. The molecular weight excluding hydrogens is 276 g/mol. The molecule has 7 nitrogen and oxygen atoms in total. The van der Waals surface area contributed by atoms with Crippen molar-refractivity contribution in [3.05, 3.63) is 0 Å². The summed E-state index contributed by atoms with van der Waals surface area (Å²) < 4.78 is 4.98. The summed E-state index contributed by atoms with van der Waals surface area (Å²) in [5.74, 6) is -1.34. The molecule has 7 heteroatoms. The van der Waals surface area contributed by atoms with Crippen molar-refractivity contribution < 1.29 is 24.2 Å². The van der Waals surface area contributed by atoms with Gasteiger partial charge in [0.1, 0.15) is 5.54 Å². The molecule has 0 bridgehead atoms. The van der Waals surface area contributed by atoms with E-state index in [4.69, 9.17) is 4.74 Å². The molecule has 0 unspecified atom stereocenters. The lowest BCUT2D eigenvalue weighted by atomic mass is 9.77. The minimum Gasteiger partial charge on any atom is -0.480 e. The summed E-state index contributed by atoms with van der Waals surface area (Å²) in [6, 6.07) is -0.348. The van der Waals surface area contributed by atoms with Crippen molar-refractivity contribution in [1.29, 1.82) is 0 Å². The van der Waals surface area contributed by atoms with Crippen LogP contribution in [0.15, 0.2) is 0 Å². The van der Waals surface area contributed by atoms with Crippen LogP contribution >= 0.6 is 0 Å². The zero-order chi connectivity index (χ0) is 15.5. The van der Waals surface area contributed by atoms with E-state index in [1.54, 1.807) is 11.8 Å². The summed E-state index contributed by atoms with van der Waals surface area (Å²) in [5.41, 5.74) is -1.09. The Hall–Kier alpha value is -1.79. The number of carbonyl (C=O) groups is 3. The number of nitrogens with zero attached hydrogens (tertiary/aromatic N) is 1. The first-order valence-electron chi connectivity index (χ1n) is 7.45. The summed E-state index contributed by atoms with van der Waals surface area (Å²) in [4.78, 5) is 36.6. The van der Waals surface area contributed by atoms with Gasteiger partial charge < -0.3 is 20.1 Å². The number of carboxylic acids is 1. The van der Waals surface area contributed by atoms with E-state index in [2.05, 4.69) is 5.32 Å². The fourth-order valence-corrected chi connectivity index (χ4v) is 2.78. The number of nitrogens with one attached hydrogen (secondary N) is 1. The van der Waals surface area contributed by atoms with Crippen LogP contribution in [0, 0.1) is 5.92 Å². The van der Waals surface area contributed by atoms with E-state index >= 15 is 0 Å². The molecule has 1 aliphatic carbocycles. The Morgan fingerprint density at radius 3 is 2.33 bits per heavy atom. The Balaban J connectivity index is 1.83. The Bertz CT molecular complexity index is 425. The number of likely N-dealkylation sites (tertiary alicyclic amines) is 1. The van der Waals surface area contributed by atoms with Gasteiger partial charge in [-0.3, -0.25) is 4.79 Å². The molecule has 1 aliphatic heterocycles. The van der Waals surface area contributed by atoms with Crippen LogP contribution in [0.25, 0.3) is 0 Å². The summed E-state index contributed by atoms with van der Waals surface area (Å²) in [6.45, 7) is 3.03. The molecule has 2 amide bonds. The van der Waals surface area contributed by atoms with Crippen LogP contribution in [0.5, 0.6) is 0 Å². The molecule has 118 valence electrons. The molecule has 0 atom stereocenters. The number of hydrogen-bond acceptors (Lipinski definition) is 4. The fraction of sp³-hybridized carbons (Fsp3) is 0.786. The van der Waals surface area contributed by atoms with E-state index in [0.717, 1.165) is 6.42 Å². The third-order valence-electron chi connectivity index (χ3n) is 4.36. The van der Waals surface area contributed by atoms with E-state index in [1.165, 1.54) is 0 Å². The molecule has 1 saturated carbocycles. The fourth-order valence-electron chi connectivity index (χ4n) is 2.78. The third kappa shape index (κ3) is 3.28. The van der Waals surface area contributed by atoms with Gasteiger partial charge in [0, 0.05) is 13.1 Å². The highest BCUT2D eigenvalue weighted by Crippen LogP contribution is 2.32. The molecule has 2 rings (SSSR count). The summed E-state index contributed by atoms with van der Waals surface area (Å²) in [5, 5.41) is 11.9. The maximum atomic E-state index is 12.1. The Morgan fingerprint density at radius 1 is 1.29 bits per heavy atom. The standard InChI is InChI=1S/C14H22N2O5/c1-2-21-11(17)10-4-8-16(9-5-10)13(20)15-14(12(18)19)6-3-7-14/h10H,2-9H2,1H3,(H,15,20)(H,18,19). The Morgan fingerprint density at radius 2 is 1.90 bits per heavy atom. The van der Waals surface area contributed by atoms with E-state index in [9.17, 15) is 19.5 Å². The first-order chi connectivity index (χ1) is 9.98. The van der Waals surface area contributed by atoms with Crippen LogP contribution in [0.2, 0.25) is 0 Å². The quantitative estimate of drug-likeness (QED) is 0.754. The SMILES string of the molecule is CCOC(=O)C1CCN(C(=O)NC2(C(=O)O)CCC2)CC1. The highest BCUT2D eigenvalue weighted by molar-refractivity contribution is 5.87. The van der Waals surface area contributed by atoms with Gasteiger partial charge in [0.15, 0.2) is 0 Å². The van der Waals surface area contributed by atoms with Gasteiger partial charge >= 0.3 is 18.0 Å². The summed E-state index contributed by atoms with van der Waals surface area (Å²) in [6.07, 6.45) is 2.90. The summed E-state index contributed by atoms with van der Waals surface area (Å²) >= 11 is 0. The van der Waals surface area contributed by atoms with Gasteiger partial charge in [-0.05, 0) is 39.0 Å². The normalized spacial score (nSPS) is 21.3. The maximum Gasteiger partial charge on any atom is 0.329 e. The zero-order valence-electron chi connectivity index (χ0n) is 12.3. The number of carbonyl (C=O) groups excluding carboxylic acids is 2. The van der Waals surface area contributed by atoms with Crippen LogP contribution in [0.3, 0.4) is 0 Å². The van der Waals surface area contributed by atoms with Gasteiger partial charge in [-0.25, -0.2) is 9.59 Å². The predicted octanol–water partition coefficient (Wildman–Crippen LogP) is 0.978. The van der Waals surface area contributed by atoms with E-state index in [-0.39, 0.29) is 17.9 Å². The molecule has 2 N–H and O–H groups in total. The average molecular weight is 298 g/mol. The molecule has 0 spiro atoms. The molecule has 2 fully saturated rings. The molecule has 2 aliphatic rings. The molecular formula is C14H22N2O5. The Labute approximate surface area is 123 Å². The van der Waals surface area contributed by atoms with Crippen LogP contribution in [0.4, 0.5) is 4.79 Å². The van der Waals surface area contributed by atoms with E-state index < -0.39 is 11.5 Å². The second-order valence-electron chi connectivity index (χ2n) is 5.68.